The Kier molecular flexibility index (Phi) is 4.68. The number of rotatable bonds is 4. The third-order valence-corrected chi connectivity index (χ3v) is 4.16. The number of benzene rings is 1. The van der Waals surface area contributed by atoms with Crippen LogP contribution in [0.25, 0.3) is 0 Å². The van der Waals surface area contributed by atoms with E-state index in [1.54, 1.807) is 24.3 Å². The van der Waals surface area contributed by atoms with Crippen molar-refractivity contribution >= 4 is 39.8 Å². The lowest BCUT2D eigenvalue weighted by Crippen LogP contribution is -2.13. The van der Waals surface area contributed by atoms with Gasteiger partial charge < -0.3 is 5.73 Å². The Labute approximate surface area is 125 Å². The highest BCUT2D eigenvalue weighted by Crippen LogP contribution is 2.33. The van der Waals surface area contributed by atoms with Crippen molar-refractivity contribution in [1.29, 1.82) is 0 Å². The van der Waals surface area contributed by atoms with Crippen molar-refractivity contribution < 1.29 is 18.0 Å². The van der Waals surface area contributed by atoms with Crippen LogP contribution in [0.2, 0.25) is 0 Å². The molecule has 0 fully saturated rings. The molecule has 2 rings (SSSR count). The average molecular weight is 334 g/mol. The molecule has 10 heteroatoms. The van der Waals surface area contributed by atoms with E-state index in [0.717, 1.165) is 4.90 Å². The number of aromatic nitrogens is 2. The normalized spacial score (nSPS) is 11.4. The molecule has 21 heavy (non-hydrogen) atoms. The maximum absolute atomic E-state index is 12.3. The Morgan fingerprint density at radius 1 is 1.33 bits per heavy atom. The van der Waals surface area contributed by atoms with Gasteiger partial charge in [-0.15, -0.1) is 22.0 Å². The molecule has 112 valence electrons. The Balaban J connectivity index is 1.90. The monoisotopic (exact) mass is 334 g/mol. The summed E-state index contributed by atoms with van der Waals surface area (Å²) in [4.78, 5) is 12.4. The molecule has 2 aromatic rings. The van der Waals surface area contributed by atoms with Crippen LogP contribution in [0.1, 0.15) is 5.01 Å². The molecule has 0 radical (unpaired) electrons. The third kappa shape index (κ3) is 4.33. The van der Waals surface area contributed by atoms with Crippen molar-refractivity contribution in [2.45, 2.75) is 11.1 Å². The van der Waals surface area contributed by atoms with Gasteiger partial charge in [-0.25, -0.2) is 0 Å². The summed E-state index contributed by atoms with van der Waals surface area (Å²) in [6, 6.07) is 6.98. The SMILES string of the molecule is Nc1ccccc1SCC(=O)Nc1nnc(C(F)(F)F)s1. The van der Waals surface area contributed by atoms with E-state index >= 15 is 0 Å². The Morgan fingerprint density at radius 3 is 2.67 bits per heavy atom. The molecule has 0 aliphatic rings. The smallest absolute Gasteiger partial charge is 0.398 e. The van der Waals surface area contributed by atoms with Gasteiger partial charge in [-0.2, -0.15) is 13.2 Å². The molecule has 0 saturated heterocycles. The lowest BCUT2D eigenvalue weighted by Gasteiger charge is -2.04. The molecule has 1 heterocycles. The quantitative estimate of drug-likeness (QED) is 0.664. The number of carbonyl (C=O) groups excluding carboxylic acids is 1. The van der Waals surface area contributed by atoms with E-state index in [4.69, 9.17) is 5.73 Å². The number of anilines is 2. The standard InChI is InChI=1S/C11H9F3N4OS2/c12-11(13,14)9-17-18-10(21-9)16-8(19)5-20-7-4-2-1-3-6(7)15/h1-4H,5,15H2,(H,16,18,19). The first-order valence-electron chi connectivity index (χ1n) is 5.54. The molecule has 1 aromatic carbocycles. The number of hydrogen-bond acceptors (Lipinski definition) is 6. The van der Waals surface area contributed by atoms with Gasteiger partial charge in [0, 0.05) is 10.6 Å². The van der Waals surface area contributed by atoms with Gasteiger partial charge in [0.05, 0.1) is 5.75 Å². The Morgan fingerprint density at radius 2 is 2.05 bits per heavy atom. The van der Waals surface area contributed by atoms with Crippen molar-refractivity contribution in [3.8, 4) is 0 Å². The zero-order valence-electron chi connectivity index (χ0n) is 10.3. The number of carbonyl (C=O) groups is 1. The van der Waals surface area contributed by atoms with Crippen molar-refractivity contribution in [1.82, 2.24) is 10.2 Å². The molecule has 1 amide bonds. The van der Waals surface area contributed by atoms with Gasteiger partial charge >= 0.3 is 6.18 Å². The summed E-state index contributed by atoms with van der Waals surface area (Å²) in [6.45, 7) is 0. The number of para-hydroxylation sites is 1. The predicted molar refractivity (Wildman–Crippen MR) is 75.1 cm³/mol. The molecule has 0 unspecified atom stereocenters. The molecule has 0 aliphatic heterocycles. The fourth-order valence-corrected chi connectivity index (χ4v) is 2.69. The van der Waals surface area contributed by atoms with Gasteiger partial charge in [0.2, 0.25) is 16.0 Å². The zero-order valence-corrected chi connectivity index (χ0v) is 12.0. The van der Waals surface area contributed by atoms with Crippen molar-refractivity contribution in [3.63, 3.8) is 0 Å². The first kappa shape index (κ1) is 15.6. The van der Waals surface area contributed by atoms with Gasteiger partial charge in [-0.1, -0.05) is 23.5 Å². The molecule has 0 saturated carbocycles. The van der Waals surface area contributed by atoms with Gasteiger partial charge in [0.1, 0.15) is 0 Å². The van der Waals surface area contributed by atoms with Crippen molar-refractivity contribution in [3.05, 3.63) is 29.3 Å². The maximum atomic E-state index is 12.3. The number of nitrogens with two attached hydrogens (primary N) is 1. The van der Waals surface area contributed by atoms with E-state index in [9.17, 15) is 18.0 Å². The van der Waals surface area contributed by atoms with E-state index in [1.165, 1.54) is 11.8 Å². The van der Waals surface area contributed by atoms with Crippen LogP contribution >= 0.6 is 23.1 Å². The van der Waals surface area contributed by atoms with E-state index in [1.807, 2.05) is 0 Å². The minimum absolute atomic E-state index is 0.00907. The summed E-state index contributed by atoms with van der Waals surface area (Å²) in [6.07, 6.45) is -4.56. The summed E-state index contributed by atoms with van der Waals surface area (Å²) >= 11 is 1.46. The van der Waals surface area contributed by atoms with Gasteiger partial charge in [-0.05, 0) is 12.1 Å². The van der Waals surface area contributed by atoms with Crippen molar-refractivity contribution in [2.24, 2.45) is 0 Å². The summed E-state index contributed by atoms with van der Waals surface area (Å²) in [7, 11) is 0. The highest BCUT2D eigenvalue weighted by atomic mass is 32.2. The van der Waals surface area contributed by atoms with Crippen LogP contribution in [-0.4, -0.2) is 21.9 Å². The van der Waals surface area contributed by atoms with Gasteiger partial charge in [0.25, 0.3) is 0 Å². The van der Waals surface area contributed by atoms with Crippen LogP contribution in [0, 0.1) is 0 Å². The zero-order chi connectivity index (χ0) is 15.5. The summed E-state index contributed by atoms with van der Waals surface area (Å²) < 4.78 is 37.0. The minimum Gasteiger partial charge on any atom is -0.398 e. The summed E-state index contributed by atoms with van der Waals surface area (Å²) in [5, 5.41) is 7.24. The van der Waals surface area contributed by atoms with Crippen molar-refractivity contribution in [2.75, 3.05) is 16.8 Å². The molecule has 0 atom stereocenters. The summed E-state index contributed by atoms with van der Waals surface area (Å²) in [5.74, 6) is -0.470. The Hall–Kier alpha value is -1.81. The van der Waals surface area contributed by atoms with E-state index in [0.29, 0.717) is 5.69 Å². The number of nitrogens with one attached hydrogen (secondary N) is 1. The number of alkyl halides is 3. The number of thioether (sulfide) groups is 1. The number of hydrogen-bond donors (Lipinski definition) is 2. The maximum Gasteiger partial charge on any atom is 0.445 e. The molecular formula is C11H9F3N4OS2. The number of nitrogen functional groups attached to an aromatic ring is 1. The van der Waals surface area contributed by atoms with Crippen LogP contribution < -0.4 is 11.1 Å². The van der Waals surface area contributed by atoms with Crippen LogP contribution in [0.4, 0.5) is 24.0 Å². The topological polar surface area (TPSA) is 80.9 Å². The highest BCUT2D eigenvalue weighted by molar-refractivity contribution is 8.00. The number of nitrogens with zero attached hydrogens (tertiary/aromatic N) is 2. The molecule has 5 nitrogen and oxygen atoms in total. The fourth-order valence-electron chi connectivity index (χ4n) is 1.30. The highest BCUT2D eigenvalue weighted by Gasteiger charge is 2.35. The molecule has 0 spiro atoms. The predicted octanol–water partition coefficient (Wildman–Crippen LogP) is 2.87. The fraction of sp³-hybridized carbons (Fsp3) is 0.182. The van der Waals surface area contributed by atoms with Crippen LogP contribution in [0.3, 0.4) is 0 Å². The minimum atomic E-state index is -4.56. The second-order valence-electron chi connectivity index (χ2n) is 3.78. The molecule has 1 aromatic heterocycles. The molecule has 0 bridgehead atoms. The van der Waals surface area contributed by atoms with Gasteiger partial charge in [0.15, 0.2) is 0 Å². The molecule has 3 N–H and O–H groups in total. The van der Waals surface area contributed by atoms with E-state index < -0.39 is 17.1 Å². The number of halogens is 3. The molecule has 0 aliphatic carbocycles. The van der Waals surface area contributed by atoms with Gasteiger partial charge in [-0.3, -0.25) is 10.1 Å². The Bertz CT molecular complexity index is 644. The van der Waals surface area contributed by atoms with Crippen LogP contribution in [0.15, 0.2) is 29.2 Å². The lowest BCUT2D eigenvalue weighted by atomic mass is 10.3. The lowest BCUT2D eigenvalue weighted by molar-refractivity contribution is -0.138. The second-order valence-corrected chi connectivity index (χ2v) is 5.78. The summed E-state index contributed by atoms with van der Waals surface area (Å²) in [5.41, 5.74) is 6.25. The third-order valence-electron chi connectivity index (χ3n) is 2.19. The second kappa shape index (κ2) is 6.31. The van der Waals surface area contributed by atoms with E-state index in [-0.39, 0.29) is 22.2 Å². The van der Waals surface area contributed by atoms with E-state index in [2.05, 4.69) is 15.5 Å². The first-order valence-corrected chi connectivity index (χ1v) is 7.34. The van der Waals surface area contributed by atoms with Crippen LogP contribution in [0.5, 0.6) is 0 Å². The molecular weight excluding hydrogens is 325 g/mol. The number of amides is 1. The average Bonchev–Trinajstić information content (AvgIpc) is 2.86. The van der Waals surface area contributed by atoms with Crippen LogP contribution in [-0.2, 0) is 11.0 Å². The first-order chi connectivity index (χ1) is 9.86. The largest absolute Gasteiger partial charge is 0.445 e.